The third kappa shape index (κ3) is 2.91. The molecule has 0 fully saturated rings. The molecule has 46 heavy (non-hydrogen) atoms. The summed E-state index contributed by atoms with van der Waals surface area (Å²) in [5, 5.41) is -0.207. The molecule has 1 heterocycles. The lowest BCUT2D eigenvalue weighted by molar-refractivity contribution is 0.487. The van der Waals surface area contributed by atoms with Crippen molar-refractivity contribution in [3.05, 3.63) is 180 Å². The largest absolute Gasteiger partial charge is 0.456 e. The summed E-state index contributed by atoms with van der Waals surface area (Å²) < 4.78 is 140. The predicted molar refractivity (Wildman–Crippen MR) is 189 cm³/mol. The zero-order valence-corrected chi connectivity index (χ0v) is 23.8. The highest BCUT2D eigenvalue weighted by Crippen LogP contribution is 2.64. The lowest BCUT2D eigenvalue weighted by atomic mass is 9.70. The molecule has 11 rings (SSSR count). The van der Waals surface area contributed by atoms with E-state index in [2.05, 4.69) is 0 Å². The molecular weight excluding hydrogens is 556 g/mol. The second kappa shape index (κ2) is 8.62. The average molecular weight is 598 g/mol. The molecule has 3 aliphatic rings. The van der Waals surface area contributed by atoms with E-state index in [1.807, 2.05) is 54.6 Å². The normalized spacial score (nSPS) is 20.7. The van der Waals surface area contributed by atoms with Gasteiger partial charge < -0.3 is 4.74 Å². The third-order valence-corrected chi connectivity index (χ3v) is 9.51. The fourth-order valence-electron chi connectivity index (χ4n) is 7.71. The Labute approximate surface area is 288 Å². The summed E-state index contributed by atoms with van der Waals surface area (Å²) in [6, 6.07) is 13.5. The number of hydrogen-bond donors (Lipinski definition) is 0. The summed E-state index contributed by atoms with van der Waals surface area (Å²) in [6.45, 7) is 0. The van der Waals surface area contributed by atoms with Gasteiger partial charge in [-0.15, -0.1) is 0 Å². The van der Waals surface area contributed by atoms with Crippen LogP contribution in [-0.4, -0.2) is 0 Å². The fraction of sp³-hybridized carbons (Fsp3) is 0.0222. The minimum Gasteiger partial charge on any atom is -0.456 e. The van der Waals surface area contributed by atoms with E-state index in [0.29, 0.717) is 33.4 Å². The van der Waals surface area contributed by atoms with Crippen molar-refractivity contribution in [1.82, 2.24) is 0 Å². The molecule has 1 atom stereocenters. The molecule has 8 aromatic rings. The van der Waals surface area contributed by atoms with Crippen LogP contribution in [0.2, 0.25) is 0 Å². The second-order valence-corrected chi connectivity index (χ2v) is 11.6. The van der Waals surface area contributed by atoms with Crippen LogP contribution in [0.3, 0.4) is 0 Å². The first kappa shape index (κ1) is 14.5. The minimum absolute atomic E-state index is 0.0422. The maximum Gasteiger partial charge on any atom is 0.135 e. The maximum absolute atomic E-state index is 9.74. The Morgan fingerprint density at radius 1 is 0.478 bits per heavy atom. The summed E-state index contributed by atoms with van der Waals surface area (Å²) in [7, 11) is 0. The van der Waals surface area contributed by atoms with Gasteiger partial charge in [-0.05, 0) is 102 Å². The van der Waals surface area contributed by atoms with E-state index in [-0.39, 0.29) is 73.9 Å². The van der Waals surface area contributed by atoms with E-state index >= 15 is 0 Å². The van der Waals surface area contributed by atoms with Crippen molar-refractivity contribution in [3.63, 3.8) is 0 Å². The molecule has 1 unspecified atom stereocenters. The van der Waals surface area contributed by atoms with Crippen LogP contribution in [0.25, 0.3) is 66.1 Å². The lowest BCUT2D eigenvalue weighted by Gasteiger charge is -2.31. The maximum atomic E-state index is 9.74. The Hall–Kier alpha value is -5.92. The van der Waals surface area contributed by atoms with Crippen molar-refractivity contribution in [2.45, 2.75) is 5.41 Å². The molecule has 0 saturated heterocycles. The van der Waals surface area contributed by atoms with E-state index < -0.39 is 71.9 Å². The molecule has 0 N–H and O–H groups in total. The average Bonchev–Trinajstić information content (AvgIpc) is 3.73. The van der Waals surface area contributed by atoms with Crippen molar-refractivity contribution in [2.24, 2.45) is 0 Å². The first-order valence-corrected chi connectivity index (χ1v) is 14.8. The monoisotopic (exact) mass is 597 g/mol. The molecule has 0 saturated carbocycles. The van der Waals surface area contributed by atoms with Crippen molar-refractivity contribution in [2.75, 3.05) is 0 Å². The minimum atomic E-state index is -1.33. The molecule has 0 radical (unpaired) electrons. The van der Waals surface area contributed by atoms with Gasteiger partial charge in [0.2, 0.25) is 0 Å². The van der Waals surface area contributed by atoms with Gasteiger partial charge in [-0.1, -0.05) is 133 Å². The molecule has 212 valence electrons. The second-order valence-electron chi connectivity index (χ2n) is 11.6. The van der Waals surface area contributed by atoms with Gasteiger partial charge in [0, 0.05) is 10.9 Å². The van der Waals surface area contributed by atoms with Crippen molar-refractivity contribution < 1.29 is 25.3 Å². The number of benzene rings is 8. The molecule has 1 nitrogen and oxygen atoms in total. The van der Waals surface area contributed by atoms with Gasteiger partial charge in [-0.3, -0.25) is 0 Å². The standard InChI is InChI=1S/C45H26O/c1-2-12-31-27(9-1)20-23-39-44(31)35-14-4-6-17-38(35)45(39)37-16-5-3-13-32(37)33-22-19-30(26-40(33)45)29-21-24-41-36(25-29)34-15-7-10-28-11-8-18-42(46-41)43(28)34/h1-26H/i1D,2D,7D,8D,9D,10D,11D,12D,15D,18D,20D,21D,23D,24D,25D. The zero-order chi connectivity index (χ0) is 43.0. The molecule has 2 aliphatic carbocycles. The summed E-state index contributed by atoms with van der Waals surface area (Å²) in [5.41, 5.74) is 3.62. The number of fused-ring (bicyclic) bond motifs is 14. The molecule has 8 aromatic carbocycles. The predicted octanol–water partition coefficient (Wildman–Crippen LogP) is 11.8. The molecule has 0 bridgehead atoms. The van der Waals surface area contributed by atoms with Crippen molar-refractivity contribution in [3.8, 4) is 56.0 Å². The van der Waals surface area contributed by atoms with Gasteiger partial charge in [0.15, 0.2) is 0 Å². The first-order valence-electron chi connectivity index (χ1n) is 22.3. The highest BCUT2D eigenvalue weighted by Gasteiger charge is 2.52. The molecule has 0 amide bonds. The third-order valence-electron chi connectivity index (χ3n) is 9.51. The van der Waals surface area contributed by atoms with E-state index in [0.717, 1.165) is 16.7 Å². The van der Waals surface area contributed by atoms with Crippen LogP contribution in [0, 0.1) is 0 Å². The molecule has 0 aromatic heterocycles. The summed E-state index contributed by atoms with van der Waals surface area (Å²) in [6.07, 6.45) is 0. The zero-order valence-electron chi connectivity index (χ0n) is 38.8. The molecular formula is C45H26O. The van der Waals surface area contributed by atoms with Gasteiger partial charge in [0.05, 0.1) is 26.0 Å². The van der Waals surface area contributed by atoms with Crippen LogP contribution < -0.4 is 4.74 Å². The van der Waals surface area contributed by atoms with Gasteiger partial charge in [-0.2, -0.15) is 0 Å². The Kier molecular flexibility index (Phi) is 2.71. The molecule has 1 aliphatic heterocycles. The number of hydrogen-bond acceptors (Lipinski definition) is 1. The lowest BCUT2D eigenvalue weighted by Crippen LogP contribution is -2.25. The van der Waals surface area contributed by atoms with Crippen LogP contribution in [0.5, 0.6) is 11.5 Å². The SMILES string of the molecule is [2H]c1c([2H])c(-c2ccc3c(c2)C2(c4ccccc4-3)c3ccccc3-c3c2c([2H])c([2H])c2c([2H])c([2H])c([2H])c([2H])c32)c([2H])c2c1Oc1c([2H])c([2H])c([2H])c3c([2H])c([2H])c([2H])c-2c13. The highest BCUT2D eigenvalue weighted by atomic mass is 16.5. The Morgan fingerprint density at radius 2 is 1.24 bits per heavy atom. The smallest absolute Gasteiger partial charge is 0.135 e. The van der Waals surface area contributed by atoms with Gasteiger partial charge in [0.25, 0.3) is 0 Å². The van der Waals surface area contributed by atoms with Crippen LogP contribution in [0.1, 0.15) is 42.8 Å². The molecule has 1 heteroatoms. The van der Waals surface area contributed by atoms with Gasteiger partial charge >= 0.3 is 0 Å². The highest BCUT2D eigenvalue weighted by molar-refractivity contribution is 6.07. The van der Waals surface area contributed by atoms with Crippen LogP contribution in [0.15, 0.2) is 157 Å². The van der Waals surface area contributed by atoms with Crippen molar-refractivity contribution >= 4 is 21.5 Å². The summed E-state index contributed by atoms with van der Waals surface area (Å²) in [5.74, 6) is -0.626. The first-order chi connectivity index (χ1) is 29.1. The van der Waals surface area contributed by atoms with Gasteiger partial charge in [0.1, 0.15) is 11.5 Å². The Bertz CT molecular complexity index is 3460. The van der Waals surface area contributed by atoms with Crippen LogP contribution >= 0.6 is 0 Å². The summed E-state index contributed by atoms with van der Waals surface area (Å²) >= 11 is 0. The van der Waals surface area contributed by atoms with Gasteiger partial charge in [-0.25, -0.2) is 0 Å². The molecule has 1 spiro atoms. The quantitative estimate of drug-likeness (QED) is 0.183. The van der Waals surface area contributed by atoms with E-state index in [1.54, 1.807) is 12.1 Å². The van der Waals surface area contributed by atoms with Crippen LogP contribution in [-0.2, 0) is 5.41 Å². The van der Waals surface area contributed by atoms with E-state index in [1.165, 1.54) is 0 Å². The van der Waals surface area contributed by atoms with Crippen LogP contribution in [0.4, 0.5) is 0 Å². The summed E-state index contributed by atoms with van der Waals surface area (Å²) in [4.78, 5) is 0. The Morgan fingerprint density at radius 3 is 2.15 bits per heavy atom. The fourth-order valence-corrected chi connectivity index (χ4v) is 7.71. The number of rotatable bonds is 1. The van der Waals surface area contributed by atoms with E-state index in [4.69, 9.17) is 18.4 Å². The van der Waals surface area contributed by atoms with Crippen molar-refractivity contribution in [1.29, 1.82) is 0 Å². The topological polar surface area (TPSA) is 9.23 Å². The number of ether oxygens (including phenoxy) is 1. The van der Waals surface area contributed by atoms with E-state index in [9.17, 15) is 6.85 Å². The Balaban J connectivity index is 1.26.